The summed E-state index contributed by atoms with van der Waals surface area (Å²) in [6.45, 7) is 6.11. The van der Waals surface area contributed by atoms with Gasteiger partial charge >= 0.3 is 0 Å². The molecule has 2 bridgehead atoms. The van der Waals surface area contributed by atoms with Crippen molar-refractivity contribution >= 4 is 5.91 Å². The van der Waals surface area contributed by atoms with E-state index in [0.717, 1.165) is 30.4 Å². The zero-order chi connectivity index (χ0) is 19.7. The number of hydrogen-bond acceptors (Lipinski definition) is 2. The summed E-state index contributed by atoms with van der Waals surface area (Å²) in [4.78, 5) is 13.0. The van der Waals surface area contributed by atoms with Gasteiger partial charge in [-0.05, 0) is 48.3 Å². The van der Waals surface area contributed by atoms with E-state index in [-0.39, 0.29) is 24.0 Å². The van der Waals surface area contributed by atoms with E-state index in [2.05, 4.69) is 23.5 Å². The van der Waals surface area contributed by atoms with Gasteiger partial charge in [-0.15, -0.1) is 0 Å². The van der Waals surface area contributed by atoms with Crippen molar-refractivity contribution in [3.63, 3.8) is 0 Å². The van der Waals surface area contributed by atoms with E-state index in [1.807, 2.05) is 20.8 Å². The highest BCUT2D eigenvalue weighted by Gasteiger charge is 2.26. The monoisotopic (exact) mass is 373 g/mol. The van der Waals surface area contributed by atoms with Crippen molar-refractivity contribution in [3.8, 4) is 0 Å². The van der Waals surface area contributed by atoms with Crippen LogP contribution in [0.15, 0.2) is 18.2 Å². The SMILES string of the molecule is CC(C)(C)[C@@H](CO)NC(=O)c1cc2ccc1CCCCCCCCCCC2. The number of hydrogen-bond donors (Lipinski definition) is 2. The van der Waals surface area contributed by atoms with Crippen LogP contribution < -0.4 is 5.32 Å². The fourth-order valence-electron chi connectivity index (χ4n) is 3.86. The second-order valence-corrected chi connectivity index (χ2v) is 9.25. The van der Waals surface area contributed by atoms with Crippen molar-refractivity contribution in [1.82, 2.24) is 5.32 Å². The first-order valence-corrected chi connectivity index (χ1v) is 11.0. The predicted octanol–water partition coefficient (Wildman–Crippen LogP) is 5.43. The van der Waals surface area contributed by atoms with E-state index < -0.39 is 0 Å². The summed E-state index contributed by atoms with van der Waals surface area (Å²) >= 11 is 0. The van der Waals surface area contributed by atoms with Crippen molar-refractivity contribution in [3.05, 3.63) is 34.9 Å². The number of nitrogens with one attached hydrogen (secondary N) is 1. The summed E-state index contributed by atoms with van der Waals surface area (Å²) in [6.07, 6.45) is 13.6. The number of aliphatic hydroxyl groups excluding tert-OH is 1. The largest absolute Gasteiger partial charge is 0.394 e. The highest BCUT2D eigenvalue weighted by molar-refractivity contribution is 5.96. The summed E-state index contributed by atoms with van der Waals surface area (Å²) in [5.41, 5.74) is 3.05. The summed E-state index contributed by atoms with van der Waals surface area (Å²) in [6, 6.07) is 6.23. The summed E-state index contributed by atoms with van der Waals surface area (Å²) in [7, 11) is 0. The Bertz CT molecular complexity index is 589. The minimum atomic E-state index is -0.240. The smallest absolute Gasteiger partial charge is 0.251 e. The average Bonchev–Trinajstić information content (AvgIpc) is 2.64. The second kappa shape index (κ2) is 10.8. The zero-order valence-electron chi connectivity index (χ0n) is 17.7. The number of amides is 1. The second-order valence-electron chi connectivity index (χ2n) is 9.25. The number of aryl methyl sites for hydroxylation is 2. The van der Waals surface area contributed by atoms with Gasteiger partial charge in [-0.25, -0.2) is 0 Å². The standard InChI is InChI=1S/C24H39NO2/c1-24(2,3)22(18-26)25-23(27)21-17-19-13-11-9-7-5-4-6-8-10-12-14-20(21)16-15-19/h15-17,22,26H,4-14,18H2,1-3H3,(H,25,27)/t22-/m1/s1. The van der Waals surface area contributed by atoms with Gasteiger partial charge in [-0.1, -0.05) is 77.8 Å². The fraction of sp³-hybridized carbons (Fsp3) is 0.708. The van der Waals surface area contributed by atoms with Crippen LogP contribution in [0.5, 0.6) is 0 Å². The van der Waals surface area contributed by atoms with Gasteiger partial charge in [0, 0.05) is 5.56 Å². The van der Waals surface area contributed by atoms with Crippen LogP contribution in [0.4, 0.5) is 0 Å². The number of aliphatic hydroxyl groups is 1. The lowest BCUT2D eigenvalue weighted by Crippen LogP contribution is -2.46. The van der Waals surface area contributed by atoms with Gasteiger partial charge in [-0.2, -0.15) is 0 Å². The Hall–Kier alpha value is -1.35. The zero-order valence-corrected chi connectivity index (χ0v) is 17.7. The summed E-state index contributed by atoms with van der Waals surface area (Å²) in [5, 5.41) is 12.8. The minimum Gasteiger partial charge on any atom is -0.394 e. The molecule has 27 heavy (non-hydrogen) atoms. The summed E-state index contributed by atoms with van der Waals surface area (Å²) < 4.78 is 0. The van der Waals surface area contributed by atoms with Crippen LogP contribution in [0.25, 0.3) is 0 Å². The maximum absolute atomic E-state index is 13.0. The van der Waals surface area contributed by atoms with E-state index >= 15 is 0 Å². The Kier molecular flexibility index (Phi) is 8.82. The molecule has 2 aliphatic rings. The molecule has 0 saturated carbocycles. The maximum atomic E-state index is 13.0. The quantitative estimate of drug-likeness (QED) is 0.742. The lowest BCUT2D eigenvalue weighted by molar-refractivity contribution is 0.0847. The van der Waals surface area contributed by atoms with E-state index in [0.29, 0.717) is 0 Å². The number of rotatable bonds is 3. The van der Waals surface area contributed by atoms with E-state index in [4.69, 9.17) is 0 Å². The third kappa shape index (κ3) is 7.29. The van der Waals surface area contributed by atoms with Crippen LogP contribution in [0, 0.1) is 5.41 Å². The highest BCUT2D eigenvalue weighted by atomic mass is 16.3. The molecule has 1 amide bonds. The van der Waals surface area contributed by atoms with E-state index in [1.165, 1.54) is 56.9 Å². The summed E-state index contributed by atoms with van der Waals surface area (Å²) in [5.74, 6) is -0.0369. The van der Waals surface area contributed by atoms with Crippen LogP contribution in [0.2, 0.25) is 0 Å². The number of fused-ring (bicyclic) bond motifs is 12. The molecule has 0 aromatic heterocycles. The molecule has 2 N–H and O–H groups in total. The van der Waals surface area contributed by atoms with Crippen LogP contribution in [0.3, 0.4) is 0 Å². The Balaban J connectivity index is 2.18. The van der Waals surface area contributed by atoms with Crippen molar-refractivity contribution in [1.29, 1.82) is 0 Å². The Morgan fingerprint density at radius 3 is 2.07 bits per heavy atom. The molecule has 152 valence electrons. The molecule has 3 rings (SSSR count). The van der Waals surface area contributed by atoms with Gasteiger partial charge in [0.25, 0.3) is 5.91 Å². The Morgan fingerprint density at radius 1 is 0.963 bits per heavy atom. The first-order valence-electron chi connectivity index (χ1n) is 11.0. The van der Waals surface area contributed by atoms with Crippen LogP contribution >= 0.6 is 0 Å². The molecule has 1 aromatic carbocycles. The van der Waals surface area contributed by atoms with E-state index in [9.17, 15) is 9.90 Å². The lowest BCUT2D eigenvalue weighted by Gasteiger charge is -2.30. The Labute approximate surface area is 166 Å². The molecule has 0 radical (unpaired) electrons. The molecular weight excluding hydrogens is 334 g/mol. The average molecular weight is 374 g/mol. The molecular formula is C24H39NO2. The van der Waals surface area contributed by atoms with Crippen LogP contribution in [0.1, 0.15) is 100 Å². The maximum Gasteiger partial charge on any atom is 0.251 e. The van der Waals surface area contributed by atoms with Gasteiger partial charge in [-0.3, -0.25) is 4.79 Å². The molecule has 0 aliphatic heterocycles. The normalized spacial score (nSPS) is 18.4. The fourth-order valence-corrected chi connectivity index (χ4v) is 3.86. The third-order valence-electron chi connectivity index (χ3n) is 5.86. The number of benzene rings is 1. The lowest BCUT2D eigenvalue weighted by atomic mass is 9.87. The van der Waals surface area contributed by atoms with Gasteiger partial charge in [0.05, 0.1) is 12.6 Å². The number of carbonyl (C=O) groups is 1. The Morgan fingerprint density at radius 2 is 1.52 bits per heavy atom. The topological polar surface area (TPSA) is 49.3 Å². The molecule has 0 fully saturated rings. The molecule has 3 nitrogen and oxygen atoms in total. The van der Waals surface area contributed by atoms with Crippen molar-refractivity contribution < 1.29 is 9.90 Å². The molecule has 0 saturated heterocycles. The van der Waals surface area contributed by atoms with Gasteiger partial charge in [0.1, 0.15) is 0 Å². The molecule has 1 aromatic rings. The van der Waals surface area contributed by atoms with Gasteiger partial charge < -0.3 is 10.4 Å². The predicted molar refractivity (Wildman–Crippen MR) is 113 cm³/mol. The van der Waals surface area contributed by atoms with Crippen molar-refractivity contribution in [2.45, 2.75) is 97.4 Å². The molecule has 1 atom stereocenters. The third-order valence-corrected chi connectivity index (χ3v) is 5.86. The van der Waals surface area contributed by atoms with Crippen LogP contribution in [-0.4, -0.2) is 23.7 Å². The molecule has 0 heterocycles. The number of carbonyl (C=O) groups excluding carboxylic acids is 1. The van der Waals surface area contributed by atoms with Crippen molar-refractivity contribution in [2.24, 2.45) is 5.41 Å². The molecule has 3 heteroatoms. The first kappa shape index (κ1) is 21.9. The first-order chi connectivity index (χ1) is 12.9. The van der Waals surface area contributed by atoms with Crippen molar-refractivity contribution in [2.75, 3.05) is 6.61 Å². The molecule has 0 unspecified atom stereocenters. The van der Waals surface area contributed by atoms with Gasteiger partial charge in [0.15, 0.2) is 0 Å². The molecule has 2 aliphatic carbocycles. The minimum absolute atomic E-state index is 0.0369. The highest BCUT2D eigenvalue weighted by Crippen LogP contribution is 2.22. The van der Waals surface area contributed by atoms with Gasteiger partial charge in [0.2, 0.25) is 0 Å². The molecule has 0 spiro atoms. The van der Waals surface area contributed by atoms with Crippen LogP contribution in [-0.2, 0) is 12.8 Å². The van der Waals surface area contributed by atoms with E-state index in [1.54, 1.807) is 0 Å².